The average Bonchev–Trinajstić information content (AvgIpc) is 3.51. The number of nitro benzene ring substituents is 1. The minimum Gasteiger partial charge on any atom is -0.382 e. The Kier molecular flexibility index (Phi) is 7.20. The van der Waals surface area contributed by atoms with E-state index >= 15 is 4.39 Å². The number of ether oxygens (including phenoxy) is 1. The van der Waals surface area contributed by atoms with Crippen molar-refractivity contribution in [3.63, 3.8) is 0 Å². The first kappa shape index (κ1) is 28.4. The lowest BCUT2D eigenvalue weighted by atomic mass is 10.1. The fraction of sp³-hybridized carbons (Fsp3) is 0.333. The Labute approximate surface area is 230 Å². The number of hydrogen-bond donors (Lipinski definition) is 1. The molecule has 0 radical (unpaired) electrons. The number of nitrogens with zero attached hydrogens (tertiary/aromatic N) is 6. The zero-order chi connectivity index (χ0) is 29.7. The molecule has 17 heteroatoms. The van der Waals surface area contributed by atoms with Crippen LogP contribution in [0.15, 0.2) is 55.0 Å². The molecule has 4 heterocycles. The van der Waals surface area contributed by atoms with Crippen LogP contribution in [-0.4, -0.2) is 75.8 Å². The molecule has 218 valence electrons. The second-order valence-electron chi connectivity index (χ2n) is 9.41. The largest absolute Gasteiger partial charge is 0.418 e. The van der Waals surface area contributed by atoms with Crippen molar-refractivity contribution in [1.29, 1.82) is 0 Å². The standard InChI is InChI=1S/C24H23F4N7O5S/c1-40-21-7-6-14(19-8-16(24(26,27)28)22-23(29)30-13-31-34(19)22)9-33(21)20-11-32(10-17(20)25)41(38,39)12-15-4-2-3-5-18(15)35(36)37/h2-9,13,17,20-21H,10-12H2,1H3,(H2,29,30,31)/t17-,20+,21?/m0/s1. The van der Waals surface area contributed by atoms with Crippen molar-refractivity contribution in [1.82, 2.24) is 23.8 Å². The van der Waals surface area contributed by atoms with E-state index in [9.17, 15) is 31.7 Å². The number of nitro groups is 1. The molecule has 12 nitrogen and oxygen atoms in total. The molecule has 0 aliphatic carbocycles. The third-order valence-electron chi connectivity index (χ3n) is 6.94. The van der Waals surface area contributed by atoms with Gasteiger partial charge in [-0.2, -0.15) is 22.6 Å². The Morgan fingerprint density at radius 1 is 1.24 bits per heavy atom. The van der Waals surface area contributed by atoms with E-state index in [4.69, 9.17) is 10.5 Å². The van der Waals surface area contributed by atoms with Gasteiger partial charge in [-0.3, -0.25) is 10.1 Å². The summed E-state index contributed by atoms with van der Waals surface area (Å²) in [6.45, 7) is -0.858. The molecule has 5 rings (SSSR count). The van der Waals surface area contributed by atoms with Gasteiger partial charge in [-0.15, -0.1) is 0 Å². The highest BCUT2D eigenvalue weighted by Crippen LogP contribution is 2.39. The molecule has 0 spiro atoms. The van der Waals surface area contributed by atoms with Crippen molar-refractivity contribution in [2.75, 3.05) is 25.9 Å². The normalized spacial score (nSPS) is 21.9. The highest BCUT2D eigenvalue weighted by Gasteiger charge is 2.44. The molecule has 1 aromatic carbocycles. The summed E-state index contributed by atoms with van der Waals surface area (Å²) in [7, 11) is -2.85. The van der Waals surface area contributed by atoms with Gasteiger partial charge in [0.15, 0.2) is 5.82 Å². The van der Waals surface area contributed by atoms with Gasteiger partial charge in [-0.1, -0.05) is 24.3 Å². The number of halogens is 4. The van der Waals surface area contributed by atoms with Gasteiger partial charge in [0.2, 0.25) is 10.0 Å². The summed E-state index contributed by atoms with van der Waals surface area (Å²) in [6.07, 6.45) is -2.00. The molecule has 2 aromatic heterocycles. The first-order valence-corrected chi connectivity index (χ1v) is 13.7. The molecular weight excluding hydrogens is 574 g/mol. The first-order chi connectivity index (χ1) is 19.3. The van der Waals surface area contributed by atoms with Crippen LogP contribution in [0.3, 0.4) is 0 Å². The van der Waals surface area contributed by atoms with Gasteiger partial charge in [0.1, 0.15) is 24.2 Å². The summed E-state index contributed by atoms with van der Waals surface area (Å²) in [5.41, 5.74) is 4.01. The molecule has 0 amide bonds. The van der Waals surface area contributed by atoms with Gasteiger partial charge < -0.3 is 15.4 Å². The molecule has 3 atom stereocenters. The number of anilines is 1. The number of rotatable bonds is 7. The first-order valence-electron chi connectivity index (χ1n) is 12.1. The van der Waals surface area contributed by atoms with E-state index in [1.807, 2.05) is 0 Å². The number of fused-ring (bicyclic) bond motifs is 1. The molecule has 41 heavy (non-hydrogen) atoms. The van der Waals surface area contributed by atoms with Gasteiger partial charge in [-0.25, -0.2) is 22.3 Å². The highest BCUT2D eigenvalue weighted by molar-refractivity contribution is 7.88. The van der Waals surface area contributed by atoms with Crippen LogP contribution in [0, 0.1) is 10.1 Å². The Hall–Kier alpha value is -4.09. The van der Waals surface area contributed by atoms with E-state index in [0.29, 0.717) is 0 Å². The Bertz CT molecular complexity index is 1670. The second-order valence-corrected chi connectivity index (χ2v) is 11.4. The van der Waals surface area contributed by atoms with Gasteiger partial charge in [0.05, 0.1) is 28.0 Å². The van der Waals surface area contributed by atoms with Crippen molar-refractivity contribution in [2.24, 2.45) is 0 Å². The molecule has 0 saturated carbocycles. The number of benzene rings is 1. The number of sulfonamides is 1. The predicted molar refractivity (Wildman–Crippen MR) is 138 cm³/mol. The molecule has 0 bridgehead atoms. The third kappa shape index (κ3) is 5.22. The van der Waals surface area contributed by atoms with E-state index in [1.165, 1.54) is 54.6 Å². The van der Waals surface area contributed by atoms with Crippen molar-refractivity contribution < 1.29 is 35.6 Å². The Morgan fingerprint density at radius 3 is 2.66 bits per heavy atom. The van der Waals surface area contributed by atoms with E-state index < -0.39 is 62.9 Å². The van der Waals surface area contributed by atoms with Crippen molar-refractivity contribution in [3.8, 4) is 0 Å². The smallest absolute Gasteiger partial charge is 0.382 e. The summed E-state index contributed by atoms with van der Waals surface area (Å²) >= 11 is 0. The molecule has 1 unspecified atom stereocenters. The van der Waals surface area contributed by atoms with Gasteiger partial charge in [0.25, 0.3) is 5.69 Å². The zero-order valence-corrected chi connectivity index (χ0v) is 22.1. The Balaban J connectivity index is 1.47. The number of hydrogen-bond acceptors (Lipinski definition) is 9. The summed E-state index contributed by atoms with van der Waals surface area (Å²) in [5.74, 6) is -1.10. The molecule has 1 saturated heterocycles. The molecule has 3 aromatic rings. The van der Waals surface area contributed by atoms with Crippen LogP contribution in [0.4, 0.5) is 29.1 Å². The second kappa shape index (κ2) is 10.4. The summed E-state index contributed by atoms with van der Waals surface area (Å²) in [6, 6.07) is 5.13. The van der Waals surface area contributed by atoms with Crippen LogP contribution in [0.1, 0.15) is 16.8 Å². The monoisotopic (exact) mass is 597 g/mol. The van der Waals surface area contributed by atoms with E-state index in [-0.39, 0.29) is 34.9 Å². The maximum Gasteiger partial charge on any atom is 0.418 e. The fourth-order valence-electron chi connectivity index (χ4n) is 5.01. The van der Waals surface area contributed by atoms with Crippen molar-refractivity contribution in [2.45, 2.75) is 30.4 Å². The van der Waals surface area contributed by atoms with Crippen LogP contribution < -0.4 is 5.73 Å². The minimum atomic E-state index is -4.77. The maximum atomic E-state index is 15.4. The number of allylic oxidation sites excluding steroid dienone is 2. The van der Waals surface area contributed by atoms with Crippen LogP contribution in [0.25, 0.3) is 11.1 Å². The molecule has 2 aliphatic heterocycles. The van der Waals surface area contributed by atoms with Gasteiger partial charge >= 0.3 is 6.18 Å². The number of nitrogen functional groups attached to an aromatic ring is 1. The minimum absolute atomic E-state index is 0.00787. The lowest BCUT2D eigenvalue weighted by molar-refractivity contribution is -0.385. The van der Waals surface area contributed by atoms with Crippen LogP contribution in [-0.2, 0) is 26.7 Å². The van der Waals surface area contributed by atoms with E-state index in [2.05, 4.69) is 10.1 Å². The molecule has 2 aliphatic rings. The number of methoxy groups -OCH3 is 1. The predicted octanol–water partition coefficient (Wildman–Crippen LogP) is 2.98. The van der Waals surface area contributed by atoms with Crippen molar-refractivity contribution >= 4 is 32.6 Å². The van der Waals surface area contributed by atoms with Crippen LogP contribution >= 0.6 is 0 Å². The zero-order valence-electron chi connectivity index (χ0n) is 21.3. The summed E-state index contributed by atoms with van der Waals surface area (Å²) in [4.78, 5) is 15.7. The number of nitrogens with two attached hydrogens (primary N) is 1. The lowest BCUT2D eigenvalue weighted by Gasteiger charge is -2.36. The third-order valence-corrected chi connectivity index (χ3v) is 8.70. The quantitative estimate of drug-likeness (QED) is 0.246. The average molecular weight is 598 g/mol. The van der Waals surface area contributed by atoms with Gasteiger partial charge in [-0.05, 0) is 12.1 Å². The maximum absolute atomic E-state index is 15.4. The number of alkyl halides is 4. The lowest BCUT2D eigenvalue weighted by Crippen LogP contribution is -2.46. The molecular formula is C24H23F4N7O5S. The number of para-hydroxylation sites is 1. The SMILES string of the molecule is COC1C=CC(c2cc(C(F)(F)F)c3c(N)ncnn23)=CN1[C@@H]1CN(S(=O)(=O)Cc2ccccc2[N+](=O)[O-])C[C@@H]1F. The fourth-order valence-corrected chi connectivity index (χ4v) is 6.58. The topological polar surface area (TPSA) is 149 Å². The number of aromatic nitrogens is 3. The molecule has 2 N–H and O–H groups in total. The van der Waals surface area contributed by atoms with E-state index in [0.717, 1.165) is 21.2 Å². The molecule has 1 fully saturated rings. The van der Waals surface area contributed by atoms with Crippen LogP contribution in [0.2, 0.25) is 0 Å². The van der Waals surface area contributed by atoms with Crippen LogP contribution in [0.5, 0.6) is 0 Å². The summed E-state index contributed by atoms with van der Waals surface area (Å²) < 4.78 is 90.6. The Morgan fingerprint density at radius 2 is 1.98 bits per heavy atom. The highest BCUT2D eigenvalue weighted by atomic mass is 32.2. The van der Waals surface area contributed by atoms with E-state index in [1.54, 1.807) is 0 Å². The van der Waals surface area contributed by atoms with Gasteiger partial charge in [0, 0.05) is 43.6 Å². The van der Waals surface area contributed by atoms with Crippen molar-refractivity contribution in [3.05, 3.63) is 81.9 Å². The summed E-state index contributed by atoms with van der Waals surface area (Å²) in [5, 5.41) is 15.3.